The van der Waals surface area contributed by atoms with Gasteiger partial charge in [-0.2, -0.15) is 23.5 Å². The largest absolute Gasteiger partial charge is 0.390 e. The minimum absolute atomic E-state index is 0. The van der Waals surface area contributed by atoms with E-state index < -0.39 is 28.3 Å². The molecule has 0 heterocycles. The van der Waals surface area contributed by atoms with E-state index in [1.54, 1.807) is 30.4 Å². The minimum atomic E-state index is -3.33. The van der Waals surface area contributed by atoms with Crippen molar-refractivity contribution in [2.45, 2.75) is 59.4 Å². The predicted molar refractivity (Wildman–Crippen MR) is 155 cm³/mol. The van der Waals surface area contributed by atoms with Crippen LogP contribution in [0.5, 0.6) is 0 Å². The smallest absolute Gasteiger partial charge is 0.223 e. The SMILES string of the molecule is C.CSC[C@@H](C)C(=O)NC(C)C(O)CN(C)C.CSC[C@@H](C)C(=O)NC(C)C(O)CN(C)S(C)(=O)=O. The van der Waals surface area contributed by atoms with E-state index in [1.807, 2.05) is 52.3 Å². The number of amides is 2. The van der Waals surface area contributed by atoms with Crippen molar-refractivity contribution in [3.05, 3.63) is 0 Å². The van der Waals surface area contributed by atoms with Crippen molar-refractivity contribution in [2.24, 2.45) is 11.8 Å². The van der Waals surface area contributed by atoms with E-state index >= 15 is 0 Å². The fourth-order valence-electron chi connectivity index (χ4n) is 2.67. The van der Waals surface area contributed by atoms with Gasteiger partial charge in [0.1, 0.15) is 0 Å². The highest BCUT2D eigenvalue weighted by Gasteiger charge is 2.23. The van der Waals surface area contributed by atoms with Crippen LogP contribution in [-0.4, -0.2) is 128 Å². The lowest BCUT2D eigenvalue weighted by atomic mass is 10.1. The molecule has 0 rings (SSSR count). The van der Waals surface area contributed by atoms with Gasteiger partial charge in [0.05, 0.1) is 30.5 Å². The van der Waals surface area contributed by atoms with Gasteiger partial charge in [0.15, 0.2) is 0 Å². The summed E-state index contributed by atoms with van der Waals surface area (Å²) in [5.41, 5.74) is 0. The van der Waals surface area contributed by atoms with Crippen molar-refractivity contribution in [3.8, 4) is 0 Å². The van der Waals surface area contributed by atoms with Gasteiger partial charge in [0.25, 0.3) is 0 Å². The molecule has 6 atom stereocenters. The summed E-state index contributed by atoms with van der Waals surface area (Å²) in [6.45, 7) is 7.71. The number of hydrogen-bond acceptors (Lipinski definition) is 9. The number of hydrogen-bond donors (Lipinski definition) is 4. The summed E-state index contributed by atoms with van der Waals surface area (Å²) in [6, 6.07) is -0.708. The Kier molecular flexibility index (Phi) is 22.6. The number of nitrogens with one attached hydrogen (secondary N) is 2. The maximum absolute atomic E-state index is 11.8. The fraction of sp³-hybridized carbons (Fsp3) is 0.913. The van der Waals surface area contributed by atoms with Crippen molar-refractivity contribution in [1.29, 1.82) is 0 Å². The molecule has 0 fully saturated rings. The average molecular weight is 577 g/mol. The van der Waals surface area contributed by atoms with Crippen LogP contribution in [0.2, 0.25) is 0 Å². The van der Waals surface area contributed by atoms with E-state index in [0.717, 1.165) is 16.3 Å². The second kappa shape index (κ2) is 20.4. The molecule has 4 N–H and O–H groups in total. The fourth-order valence-corrected chi connectivity index (χ4v) is 4.39. The molecule has 0 saturated heterocycles. The first-order valence-electron chi connectivity index (χ1n) is 11.5. The Hall–Kier alpha value is -0.570. The highest BCUT2D eigenvalue weighted by Crippen LogP contribution is 2.07. The summed E-state index contributed by atoms with van der Waals surface area (Å²) in [5.74, 6) is 1.24. The number of carbonyl (C=O) groups excluding carboxylic acids is 2. The zero-order chi connectivity index (χ0) is 27.9. The van der Waals surface area contributed by atoms with Crippen LogP contribution >= 0.6 is 23.5 Å². The molecular weight excluding hydrogens is 524 g/mol. The number of sulfonamides is 1. The first-order valence-corrected chi connectivity index (χ1v) is 16.1. The van der Waals surface area contributed by atoms with Crippen LogP contribution < -0.4 is 10.6 Å². The molecule has 0 aliphatic heterocycles. The van der Waals surface area contributed by atoms with E-state index in [9.17, 15) is 28.2 Å². The molecule has 218 valence electrons. The summed E-state index contributed by atoms with van der Waals surface area (Å²) < 4.78 is 23.5. The maximum atomic E-state index is 11.8. The lowest BCUT2D eigenvalue weighted by molar-refractivity contribution is -0.126. The van der Waals surface area contributed by atoms with E-state index in [2.05, 4.69) is 10.6 Å². The van der Waals surface area contributed by atoms with Gasteiger partial charge in [-0.05, 0) is 40.5 Å². The van der Waals surface area contributed by atoms with Crippen molar-refractivity contribution >= 4 is 45.4 Å². The Morgan fingerprint density at radius 1 is 0.806 bits per heavy atom. The molecule has 0 saturated carbocycles. The molecule has 10 nitrogen and oxygen atoms in total. The number of nitrogens with zero attached hydrogens (tertiary/aromatic N) is 2. The zero-order valence-electron chi connectivity index (χ0n) is 22.9. The molecule has 0 aliphatic carbocycles. The van der Waals surface area contributed by atoms with E-state index in [1.165, 1.54) is 7.05 Å². The van der Waals surface area contributed by atoms with Gasteiger partial charge in [-0.15, -0.1) is 0 Å². The second-order valence-electron chi connectivity index (χ2n) is 9.25. The Morgan fingerprint density at radius 3 is 1.42 bits per heavy atom. The van der Waals surface area contributed by atoms with Crippen molar-refractivity contribution in [3.63, 3.8) is 0 Å². The van der Waals surface area contributed by atoms with Crippen LogP contribution in [0.3, 0.4) is 0 Å². The van der Waals surface area contributed by atoms with E-state index in [4.69, 9.17) is 0 Å². The monoisotopic (exact) mass is 576 g/mol. The molecule has 0 aromatic rings. The molecule has 0 bridgehead atoms. The molecule has 4 unspecified atom stereocenters. The average Bonchev–Trinajstić information content (AvgIpc) is 2.72. The molecule has 0 aliphatic rings. The lowest BCUT2D eigenvalue weighted by Crippen LogP contribution is -2.48. The Balaban J connectivity index is -0.000000597. The van der Waals surface area contributed by atoms with Gasteiger partial charge >= 0.3 is 0 Å². The topological polar surface area (TPSA) is 139 Å². The van der Waals surface area contributed by atoms with Gasteiger partial charge < -0.3 is 25.7 Å². The van der Waals surface area contributed by atoms with Gasteiger partial charge in [0, 0.05) is 43.5 Å². The summed E-state index contributed by atoms with van der Waals surface area (Å²) >= 11 is 3.23. The van der Waals surface area contributed by atoms with Crippen LogP contribution in [0.25, 0.3) is 0 Å². The van der Waals surface area contributed by atoms with Crippen LogP contribution in [0.1, 0.15) is 35.1 Å². The Morgan fingerprint density at radius 2 is 1.14 bits per heavy atom. The third kappa shape index (κ3) is 18.6. The molecule has 0 aromatic heterocycles. The van der Waals surface area contributed by atoms with Gasteiger partial charge in [0.2, 0.25) is 21.8 Å². The first kappa shape index (κ1) is 39.9. The normalized spacial score (nSPS) is 16.5. The highest BCUT2D eigenvalue weighted by molar-refractivity contribution is 7.98. The summed E-state index contributed by atoms with van der Waals surface area (Å²) in [7, 11) is 1.86. The van der Waals surface area contributed by atoms with Crippen LogP contribution in [0.15, 0.2) is 0 Å². The number of carbonyl (C=O) groups is 2. The molecular formula is C23H52N4O6S3. The standard InChI is InChI=1S/C11H24N2O4S2.C11H24N2O2S.CH4/c1-8(7-18-4)11(15)12-9(2)10(14)6-13(3)19(5,16)17;1-8(7-16-5)11(15)12-9(2)10(14)6-13(3)4;/h8-10,14H,6-7H2,1-5H3,(H,12,15);8-10,14H,6-7H2,1-5H3,(H,12,15);1H4/t2*8-,9?,10?;/m11./s1. The predicted octanol–water partition coefficient (Wildman–Crippen LogP) is 0.791. The molecule has 2 amide bonds. The third-order valence-corrected chi connectivity index (χ3v) is 8.13. The molecule has 0 radical (unpaired) electrons. The quantitative estimate of drug-likeness (QED) is 0.223. The van der Waals surface area contributed by atoms with Gasteiger partial charge in [-0.25, -0.2) is 12.7 Å². The van der Waals surface area contributed by atoms with Crippen molar-refractivity contribution in [1.82, 2.24) is 19.8 Å². The van der Waals surface area contributed by atoms with Crippen molar-refractivity contribution < 1.29 is 28.2 Å². The van der Waals surface area contributed by atoms with E-state index in [0.29, 0.717) is 12.3 Å². The highest BCUT2D eigenvalue weighted by atomic mass is 32.2. The maximum Gasteiger partial charge on any atom is 0.223 e. The Labute approximate surface area is 228 Å². The number of aliphatic hydroxyl groups excluding tert-OH is 2. The van der Waals surface area contributed by atoms with Crippen LogP contribution in [0.4, 0.5) is 0 Å². The zero-order valence-corrected chi connectivity index (χ0v) is 25.4. The van der Waals surface area contributed by atoms with Crippen LogP contribution in [-0.2, 0) is 19.6 Å². The number of rotatable bonds is 15. The van der Waals surface area contributed by atoms with Gasteiger partial charge in [-0.3, -0.25) is 9.59 Å². The number of aliphatic hydroxyl groups is 2. The summed E-state index contributed by atoms with van der Waals surface area (Å²) in [4.78, 5) is 25.3. The molecule has 13 heteroatoms. The number of thioether (sulfide) groups is 2. The van der Waals surface area contributed by atoms with Gasteiger partial charge in [-0.1, -0.05) is 21.3 Å². The van der Waals surface area contributed by atoms with Crippen LogP contribution in [0, 0.1) is 11.8 Å². The van der Waals surface area contributed by atoms with E-state index in [-0.39, 0.29) is 43.7 Å². The summed E-state index contributed by atoms with van der Waals surface area (Å²) in [6.07, 6.45) is 3.51. The lowest BCUT2D eigenvalue weighted by Gasteiger charge is -2.25. The Bertz CT molecular complexity index is 712. The number of likely N-dealkylation sites (N-methyl/N-ethyl adjacent to an activating group) is 2. The minimum Gasteiger partial charge on any atom is -0.390 e. The molecule has 36 heavy (non-hydrogen) atoms. The first-order chi connectivity index (χ1) is 16.0. The van der Waals surface area contributed by atoms with Crippen molar-refractivity contribution in [2.75, 3.05) is 64.5 Å². The molecule has 0 aromatic carbocycles. The summed E-state index contributed by atoms with van der Waals surface area (Å²) in [5, 5.41) is 25.2. The third-order valence-electron chi connectivity index (χ3n) is 5.19. The second-order valence-corrected chi connectivity index (χ2v) is 13.2. The molecule has 0 spiro atoms.